The number of nitrogens with one attached hydrogen (secondary N) is 1. The number of aromatic nitrogens is 2. The van der Waals surface area contributed by atoms with Crippen molar-refractivity contribution in [2.24, 2.45) is 5.92 Å². The molecule has 0 aliphatic carbocycles. The highest BCUT2D eigenvalue weighted by atomic mass is 32.2. The molecule has 3 heterocycles. The van der Waals surface area contributed by atoms with Crippen LogP contribution < -0.4 is 5.32 Å². The maximum atomic E-state index is 12.9. The third-order valence-electron chi connectivity index (χ3n) is 6.46. The number of imidazole rings is 1. The van der Waals surface area contributed by atoms with Crippen molar-refractivity contribution in [1.29, 1.82) is 0 Å². The van der Waals surface area contributed by atoms with Crippen LogP contribution in [0, 0.1) is 12.8 Å². The molecule has 0 bridgehead atoms. The number of amides is 1. The number of carbonyl (C=O) groups is 1. The van der Waals surface area contributed by atoms with E-state index in [1.54, 1.807) is 12.1 Å². The van der Waals surface area contributed by atoms with Gasteiger partial charge in [-0.2, -0.15) is 0 Å². The Morgan fingerprint density at radius 2 is 2.03 bits per heavy atom. The van der Waals surface area contributed by atoms with E-state index in [0.717, 1.165) is 43.2 Å². The molecule has 0 spiro atoms. The molecule has 2 aromatic rings. The van der Waals surface area contributed by atoms with Gasteiger partial charge >= 0.3 is 0 Å². The number of morpholine rings is 1. The molecule has 0 radical (unpaired) electrons. The van der Waals surface area contributed by atoms with Gasteiger partial charge in [0.1, 0.15) is 5.82 Å². The number of nitrogens with zero attached hydrogens (tertiary/aromatic N) is 3. The number of fused-ring (bicyclic) bond motifs is 1. The summed E-state index contributed by atoms with van der Waals surface area (Å²) in [5, 5.41) is 3.09. The number of rotatable bonds is 6. The first-order valence-electron chi connectivity index (χ1n) is 11.0. The van der Waals surface area contributed by atoms with E-state index in [2.05, 4.69) is 29.0 Å². The van der Waals surface area contributed by atoms with Crippen LogP contribution in [0.4, 0.5) is 0 Å². The largest absolute Gasteiger partial charge is 0.379 e. The Kier molecular flexibility index (Phi) is 6.37. The SMILES string of the molecule is Cc1nc2cc(C(=O)NC[C@H](C(C)C)N3CCOCC3)ccc2n1[C@@H]1CCS(=O)(=O)C1. The number of carbonyl (C=O) groups excluding carboxylic acids is 1. The van der Waals surface area contributed by atoms with E-state index in [0.29, 0.717) is 24.4 Å². The van der Waals surface area contributed by atoms with Gasteiger partial charge in [-0.05, 0) is 37.5 Å². The van der Waals surface area contributed by atoms with Crippen LogP contribution in [-0.2, 0) is 14.6 Å². The summed E-state index contributed by atoms with van der Waals surface area (Å²) in [5.74, 6) is 1.46. The molecule has 1 amide bonds. The van der Waals surface area contributed by atoms with Gasteiger partial charge in [0, 0.05) is 31.2 Å². The summed E-state index contributed by atoms with van der Waals surface area (Å²) in [4.78, 5) is 19.9. The highest BCUT2D eigenvalue weighted by Crippen LogP contribution is 2.29. The molecule has 0 unspecified atom stereocenters. The van der Waals surface area contributed by atoms with Gasteiger partial charge < -0.3 is 14.6 Å². The monoisotopic (exact) mass is 448 g/mol. The Bertz CT molecular complexity index is 1060. The van der Waals surface area contributed by atoms with E-state index in [1.807, 2.05) is 17.6 Å². The molecule has 2 aliphatic heterocycles. The minimum absolute atomic E-state index is 0.0880. The van der Waals surface area contributed by atoms with Crippen LogP contribution in [0.1, 0.15) is 42.5 Å². The first-order chi connectivity index (χ1) is 14.7. The van der Waals surface area contributed by atoms with Crippen molar-refractivity contribution < 1.29 is 17.9 Å². The van der Waals surface area contributed by atoms with Crippen LogP contribution in [0.2, 0.25) is 0 Å². The zero-order valence-electron chi connectivity index (χ0n) is 18.5. The summed E-state index contributed by atoms with van der Waals surface area (Å²) in [6.07, 6.45) is 0.606. The molecular weight excluding hydrogens is 416 g/mol. The summed E-state index contributed by atoms with van der Waals surface area (Å²) in [6, 6.07) is 5.67. The predicted octanol–water partition coefficient (Wildman–Crippen LogP) is 1.79. The summed E-state index contributed by atoms with van der Waals surface area (Å²) in [7, 11) is -2.99. The summed E-state index contributed by atoms with van der Waals surface area (Å²) in [6.45, 7) is 10.1. The Balaban J connectivity index is 1.48. The van der Waals surface area contributed by atoms with Gasteiger partial charge in [-0.15, -0.1) is 0 Å². The lowest BCUT2D eigenvalue weighted by Crippen LogP contribution is -2.51. The van der Waals surface area contributed by atoms with Gasteiger partial charge in [-0.25, -0.2) is 13.4 Å². The molecule has 4 rings (SSSR count). The van der Waals surface area contributed by atoms with Crippen LogP contribution in [0.15, 0.2) is 18.2 Å². The van der Waals surface area contributed by atoms with Crippen molar-refractivity contribution in [2.45, 2.75) is 39.3 Å². The maximum Gasteiger partial charge on any atom is 0.251 e. The number of ether oxygens (including phenoxy) is 1. The molecule has 0 saturated carbocycles. The van der Waals surface area contributed by atoms with E-state index in [-0.39, 0.29) is 29.5 Å². The zero-order chi connectivity index (χ0) is 22.2. The standard InChI is InChI=1S/C22H32N4O4S/c1-15(2)21(25-7-9-30-10-8-25)13-23-22(27)17-4-5-20-19(12-17)24-16(3)26(20)18-6-11-31(28,29)14-18/h4-5,12,15,18,21H,6-11,13-14H2,1-3H3,(H,23,27)/t18-,21-/m1/s1. The van der Waals surface area contributed by atoms with Crippen molar-refractivity contribution in [2.75, 3.05) is 44.4 Å². The number of benzene rings is 1. The van der Waals surface area contributed by atoms with Crippen molar-refractivity contribution in [1.82, 2.24) is 19.8 Å². The van der Waals surface area contributed by atoms with Gasteiger partial charge in [0.2, 0.25) is 0 Å². The molecule has 9 heteroatoms. The smallest absolute Gasteiger partial charge is 0.251 e. The maximum absolute atomic E-state index is 12.9. The van der Waals surface area contributed by atoms with E-state index in [4.69, 9.17) is 4.74 Å². The first-order valence-corrected chi connectivity index (χ1v) is 12.9. The second-order valence-corrected chi connectivity index (χ2v) is 11.2. The van der Waals surface area contributed by atoms with Crippen molar-refractivity contribution in [3.63, 3.8) is 0 Å². The van der Waals surface area contributed by atoms with E-state index in [9.17, 15) is 13.2 Å². The first kappa shape index (κ1) is 22.2. The molecule has 2 atom stereocenters. The fourth-order valence-corrected chi connectivity index (χ4v) is 6.50. The molecule has 8 nitrogen and oxygen atoms in total. The van der Waals surface area contributed by atoms with Gasteiger partial charge in [-0.1, -0.05) is 13.8 Å². The normalized spacial score (nSPS) is 22.8. The summed E-state index contributed by atoms with van der Waals surface area (Å²) >= 11 is 0. The van der Waals surface area contributed by atoms with Gasteiger partial charge in [-0.3, -0.25) is 9.69 Å². The Hall–Kier alpha value is -1.97. The van der Waals surface area contributed by atoms with Crippen molar-refractivity contribution in [3.05, 3.63) is 29.6 Å². The quantitative estimate of drug-likeness (QED) is 0.724. The highest BCUT2D eigenvalue weighted by molar-refractivity contribution is 7.91. The highest BCUT2D eigenvalue weighted by Gasteiger charge is 2.31. The third kappa shape index (κ3) is 4.78. The van der Waals surface area contributed by atoms with E-state index >= 15 is 0 Å². The number of hydrogen-bond donors (Lipinski definition) is 1. The lowest BCUT2D eigenvalue weighted by atomic mass is 10.0. The summed E-state index contributed by atoms with van der Waals surface area (Å²) < 4.78 is 31.3. The zero-order valence-corrected chi connectivity index (χ0v) is 19.3. The topological polar surface area (TPSA) is 93.5 Å². The van der Waals surface area contributed by atoms with Crippen molar-refractivity contribution >= 4 is 26.8 Å². The molecule has 1 aromatic carbocycles. The molecule has 2 saturated heterocycles. The number of sulfone groups is 1. The average Bonchev–Trinajstić information content (AvgIpc) is 3.25. The molecule has 2 fully saturated rings. The molecule has 170 valence electrons. The molecule has 31 heavy (non-hydrogen) atoms. The predicted molar refractivity (Wildman–Crippen MR) is 120 cm³/mol. The fraction of sp³-hybridized carbons (Fsp3) is 0.636. The van der Waals surface area contributed by atoms with Crippen LogP contribution in [0.3, 0.4) is 0 Å². The Morgan fingerprint density at radius 1 is 1.29 bits per heavy atom. The van der Waals surface area contributed by atoms with Gasteiger partial charge in [0.05, 0.1) is 41.8 Å². The van der Waals surface area contributed by atoms with Crippen LogP contribution in [0.25, 0.3) is 11.0 Å². The lowest BCUT2D eigenvalue weighted by molar-refractivity contribution is 0.00673. The lowest BCUT2D eigenvalue weighted by Gasteiger charge is -2.36. The fourth-order valence-electron chi connectivity index (χ4n) is 4.80. The third-order valence-corrected chi connectivity index (χ3v) is 8.21. The van der Waals surface area contributed by atoms with Gasteiger partial charge in [0.15, 0.2) is 9.84 Å². The molecular formula is C22H32N4O4S. The number of aryl methyl sites for hydroxylation is 1. The van der Waals surface area contributed by atoms with Gasteiger partial charge in [0.25, 0.3) is 5.91 Å². The van der Waals surface area contributed by atoms with Crippen LogP contribution in [-0.4, -0.2) is 79.2 Å². The second-order valence-electron chi connectivity index (χ2n) is 8.96. The molecule has 1 aromatic heterocycles. The Morgan fingerprint density at radius 3 is 2.68 bits per heavy atom. The molecule has 2 aliphatic rings. The minimum Gasteiger partial charge on any atom is -0.379 e. The molecule has 1 N–H and O–H groups in total. The number of hydrogen-bond acceptors (Lipinski definition) is 6. The van der Waals surface area contributed by atoms with Crippen molar-refractivity contribution in [3.8, 4) is 0 Å². The summed E-state index contributed by atoms with van der Waals surface area (Å²) in [5.41, 5.74) is 2.17. The van der Waals surface area contributed by atoms with Crippen LogP contribution in [0.5, 0.6) is 0 Å². The second kappa shape index (κ2) is 8.88. The van der Waals surface area contributed by atoms with E-state index in [1.165, 1.54) is 0 Å². The van der Waals surface area contributed by atoms with E-state index < -0.39 is 9.84 Å². The average molecular weight is 449 g/mol. The Labute approximate surface area is 183 Å². The van der Waals surface area contributed by atoms with Crippen LogP contribution >= 0.6 is 0 Å². The minimum atomic E-state index is -2.99.